The number of hydrogen-bond acceptors (Lipinski definition) is 3. The molecule has 0 saturated carbocycles. The fourth-order valence-corrected chi connectivity index (χ4v) is 4.51. The van der Waals surface area contributed by atoms with Crippen LogP contribution in [0.4, 0.5) is 0 Å². The summed E-state index contributed by atoms with van der Waals surface area (Å²) in [6, 6.07) is 25.3. The maximum absolute atomic E-state index is 13.5. The molecule has 0 unspecified atom stereocenters. The summed E-state index contributed by atoms with van der Waals surface area (Å²) < 4.78 is 2.02. The van der Waals surface area contributed by atoms with Crippen molar-refractivity contribution in [2.24, 2.45) is 0 Å². The second-order valence-electron chi connectivity index (χ2n) is 9.46. The first-order valence-corrected chi connectivity index (χ1v) is 13.1. The van der Waals surface area contributed by atoms with Crippen LogP contribution in [0.2, 0.25) is 5.02 Å². The predicted octanol–water partition coefficient (Wildman–Crippen LogP) is 5.42. The Labute approximate surface area is 223 Å². The quantitative estimate of drug-likeness (QED) is 0.271. The zero-order valence-electron chi connectivity index (χ0n) is 21.4. The normalized spacial score (nSPS) is 11.1. The maximum Gasteiger partial charge on any atom is 0.243 e. The van der Waals surface area contributed by atoms with E-state index in [0.29, 0.717) is 31.0 Å². The highest BCUT2D eigenvalue weighted by atomic mass is 35.5. The van der Waals surface area contributed by atoms with Gasteiger partial charge in [-0.3, -0.25) is 9.59 Å². The largest absolute Gasteiger partial charge is 0.356 e. The first-order valence-electron chi connectivity index (χ1n) is 12.7. The monoisotopic (exact) mass is 516 g/mol. The molecule has 0 radical (unpaired) electrons. The number of carbonyl (C=O) groups is 2. The average Bonchev–Trinajstić information content (AvgIpc) is 3.24. The van der Waals surface area contributed by atoms with Gasteiger partial charge in [-0.2, -0.15) is 0 Å². The second kappa shape index (κ2) is 12.5. The molecule has 37 heavy (non-hydrogen) atoms. The number of nitrogens with one attached hydrogen (secondary N) is 1. The lowest BCUT2D eigenvalue weighted by Crippen LogP contribution is -2.38. The van der Waals surface area contributed by atoms with Crippen molar-refractivity contribution in [1.82, 2.24) is 19.8 Å². The van der Waals surface area contributed by atoms with Crippen LogP contribution in [0.3, 0.4) is 0 Å². The number of hydrogen-bond donors (Lipinski definition) is 1. The third-order valence-corrected chi connectivity index (χ3v) is 6.60. The SMILES string of the molecule is CC(C)N(Cc1ccccc1)C(=O)Cn1c(CCCNC(=O)Cc2ccc(Cl)cc2)nc2ccccc21. The van der Waals surface area contributed by atoms with Crippen molar-refractivity contribution >= 4 is 34.4 Å². The van der Waals surface area contributed by atoms with Gasteiger partial charge in [0.2, 0.25) is 11.8 Å². The molecule has 0 spiro atoms. The fourth-order valence-electron chi connectivity index (χ4n) is 4.38. The highest BCUT2D eigenvalue weighted by Gasteiger charge is 2.20. The summed E-state index contributed by atoms with van der Waals surface area (Å²) in [5.74, 6) is 0.879. The van der Waals surface area contributed by atoms with Crippen molar-refractivity contribution in [2.45, 2.75) is 52.2 Å². The molecule has 1 aromatic heterocycles. The number of aryl methyl sites for hydroxylation is 1. The van der Waals surface area contributed by atoms with Gasteiger partial charge in [0.05, 0.1) is 17.5 Å². The Kier molecular flexibility index (Phi) is 8.96. The molecule has 4 rings (SSSR count). The van der Waals surface area contributed by atoms with Gasteiger partial charge < -0.3 is 14.8 Å². The summed E-state index contributed by atoms with van der Waals surface area (Å²) in [7, 11) is 0. The molecule has 0 atom stereocenters. The van der Waals surface area contributed by atoms with Gasteiger partial charge in [0.25, 0.3) is 0 Å². The molecule has 1 N–H and O–H groups in total. The Bertz CT molecular complexity index is 1330. The van der Waals surface area contributed by atoms with Crippen LogP contribution in [0.1, 0.15) is 37.2 Å². The molecule has 1 heterocycles. The number of para-hydroxylation sites is 2. The Morgan fingerprint density at radius 2 is 1.65 bits per heavy atom. The van der Waals surface area contributed by atoms with E-state index in [1.165, 1.54) is 0 Å². The van der Waals surface area contributed by atoms with E-state index in [-0.39, 0.29) is 24.4 Å². The van der Waals surface area contributed by atoms with Crippen LogP contribution in [0, 0.1) is 0 Å². The molecule has 192 valence electrons. The lowest BCUT2D eigenvalue weighted by atomic mass is 10.1. The molecule has 7 heteroatoms. The Morgan fingerprint density at radius 1 is 0.946 bits per heavy atom. The summed E-state index contributed by atoms with van der Waals surface area (Å²) in [6.07, 6.45) is 1.70. The summed E-state index contributed by atoms with van der Waals surface area (Å²) in [5, 5.41) is 3.64. The summed E-state index contributed by atoms with van der Waals surface area (Å²) in [4.78, 5) is 32.5. The lowest BCUT2D eigenvalue weighted by molar-refractivity contribution is -0.134. The van der Waals surface area contributed by atoms with Gasteiger partial charge in [-0.25, -0.2) is 4.98 Å². The van der Waals surface area contributed by atoms with Crippen LogP contribution < -0.4 is 5.32 Å². The Hall–Kier alpha value is -3.64. The second-order valence-corrected chi connectivity index (χ2v) is 9.90. The van der Waals surface area contributed by atoms with Crippen LogP contribution in [0.25, 0.3) is 11.0 Å². The molecule has 2 amide bonds. The summed E-state index contributed by atoms with van der Waals surface area (Å²) in [5.41, 5.74) is 3.85. The van der Waals surface area contributed by atoms with E-state index in [0.717, 1.165) is 34.4 Å². The van der Waals surface area contributed by atoms with E-state index in [1.54, 1.807) is 12.1 Å². The van der Waals surface area contributed by atoms with Gasteiger partial charge in [-0.05, 0) is 55.7 Å². The van der Waals surface area contributed by atoms with E-state index >= 15 is 0 Å². The minimum atomic E-state index is -0.0282. The van der Waals surface area contributed by atoms with Gasteiger partial charge >= 0.3 is 0 Å². The minimum Gasteiger partial charge on any atom is -0.356 e. The van der Waals surface area contributed by atoms with Crippen molar-refractivity contribution in [3.05, 3.63) is 101 Å². The van der Waals surface area contributed by atoms with E-state index in [1.807, 2.05) is 90.0 Å². The van der Waals surface area contributed by atoms with Crippen molar-refractivity contribution < 1.29 is 9.59 Å². The fraction of sp³-hybridized carbons (Fsp3) is 0.300. The number of aromatic nitrogens is 2. The maximum atomic E-state index is 13.5. The standard InChI is InChI=1S/C30H33ClN4O2/c1-22(2)34(20-24-9-4-3-5-10-24)30(37)21-35-27-12-7-6-11-26(27)33-28(35)13-8-18-32-29(36)19-23-14-16-25(31)17-15-23/h3-7,9-12,14-17,22H,8,13,18-21H2,1-2H3,(H,32,36). The van der Waals surface area contributed by atoms with Gasteiger partial charge in [-0.1, -0.05) is 66.2 Å². The first kappa shape index (κ1) is 26.4. The molecule has 6 nitrogen and oxygen atoms in total. The van der Waals surface area contributed by atoms with Gasteiger partial charge in [-0.15, -0.1) is 0 Å². The topological polar surface area (TPSA) is 67.2 Å². The highest BCUT2D eigenvalue weighted by Crippen LogP contribution is 2.19. The van der Waals surface area contributed by atoms with Crippen molar-refractivity contribution in [3.63, 3.8) is 0 Å². The number of imidazole rings is 1. The molecule has 0 aliphatic heterocycles. The molecular formula is C30H33ClN4O2. The molecule has 0 bridgehead atoms. The lowest BCUT2D eigenvalue weighted by Gasteiger charge is -2.27. The van der Waals surface area contributed by atoms with Crippen LogP contribution in [0.15, 0.2) is 78.9 Å². The molecule has 0 fully saturated rings. The van der Waals surface area contributed by atoms with E-state index in [2.05, 4.69) is 5.32 Å². The zero-order valence-corrected chi connectivity index (χ0v) is 22.1. The Morgan fingerprint density at radius 3 is 2.38 bits per heavy atom. The van der Waals surface area contributed by atoms with Crippen molar-refractivity contribution in [1.29, 1.82) is 0 Å². The van der Waals surface area contributed by atoms with E-state index < -0.39 is 0 Å². The molecule has 0 aliphatic rings. The first-order chi connectivity index (χ1) is 17.9. The number of benzene rings is 3. The van der Waals surface area contributed by atoms with Crippen LogP contribution in [0.5, 0.6) is 0 Å². The number of fused-ring (bicyclic) bond motifs is 1. The summed E-state index contributed by atoms with van der Waals surface area (Å²) >= 11 is 5.92. The number of rotatable bonds is 11. The van der Waals surface area contributed by atoms with Crippen LogP contribution in [-0.4, -0.2) is 38.9 Å². The number of amides is 2. The number of carbonyl (C=O) groups excluding carboxylic acids is 2. The minimum absolute atomic E-state index is 0.0282. The van der Waals surface area contributed by atoms with E-state index in [4.69, 9.17) is 16.6 Å². The number of halogens is 1. The highest BCUT2D eigenvalue weighted by molar-refractivity contribution is 6.30. The summed E-state index contributed by atoms with van der Waals surface area (Å²) in [6.45, 7) is 5.42. The average molecular weight is 517 g/mol. The third-order valence-electron chi connectivity index (χ3n) is 6.34. The van der Waals surface area contributed by atoms with Crippen LogP contribution >= 0.6 is 11.6 Å². The van der Waals surface area contributed by atoms with Crippen LogP contribution in [-0.2, 0) is 35.5 Å². The molecule has 0 saturated heterocycles. The molecule has 4 aromatic rings. The van der Waals surface area contributed by atoms with Crippen molar-refractivity contribution in [2.75, 3.05) is 6.54 Å². The molecule has 0 aliphatic carbocycles. The van der Waals surface area contributed by atoms with Crippen molar-refractivity contribution in [3.8, 4) is 0 Å². The van der Waals surface area contributed by atoms with E-state index in [9.17, 15) is 9.59 Å². The predicted molar refractivity (Wildman–Crippen MR) is 148 cm³/mol. The zero-order chi connectivity index (χ0) is 26.2. The molecule has 3 aromatic carbocycles. The van der Waals surface area contributed by atoms with Gasteiger partial charge in [0, 0.05) is 30.6 Å². The third kappa shape index (κ3) is 7.20. The Balaban J connectivity index is 1.40. The molecular weight excluding hydrogens is 484 g/mol. The van der Waals surface area contributed by atoms with Gasteiger partial charge in [0.15, 0.2) is 0 Å². The number of nitrogens with zero attached hydrogens (tertiary/aromatic N) is 3. The van der Waals surface area contributed by atoms with Gasteiger partial charge in [0.1, 0.15) is 12.4 Å². The smallest absolute Gasteiger partial charge is 0.243 e.